The molecule has 2 aromatic rings. The number of hydrogen-bond acceptors (Lipinski definition) is 2. The maximum Gasteiger partial charge on any atom is 0.123 e. The van der Waals surface area contributed by atoms with Crippen molar-refractivity contribution in [1.29, 1.82) is 0 Å². The lowest BCUT2D eigenvalue weighted by Crippen LogP contribution is -2.06. The second-order valence-electron chi connectivity index (χ2n) is 3.88. The maximum atomic E-state index is 12.9. The molecule has 16 heavy (non-hydrogen) atoms. The average Bonchev–Trinajstić information content (AvgIpc) is 2.75. The lowest BCUT2D eigenvalue weighted by molar-refractivity contribution is 0.562. The molecule has 1 aromatic carbocycles. The molecule has 1 unspecified atom stereocenters. The number of furan rings is 1. The fourth-order valence-electron chi connectivity index (χ4n) is 1.63. The number of anilines is 1. The predicted octanol–water partition coefficient (Wildman–Crippen LogP) is 3.90. The Kier molecular flexibility index (Phi) is 2.95. The maximum absolute atomic E-state index is 12.9. The Morgan fingerprint density at radius 1 is 1.31 bits per heavy atom. The van der Waals surface area contributed by atoms with Crippen LogP contribution in [0.1, 0.15) is 24.1 Å². The highest BCUT2D eigenvalue weighted by Gasteiger charge is 2.08. The molecule has 0 bridgehead atoms. The third-order valence-electron chi connectivity index (χ3n) is 2.60. The van der Waals surface area contributed by atoms with Crippen LogP contribution in [-0.4, -0.2) is 0 Å². The van der Waals surface area contributed by atoms with E-state index in [-0.39, 0.29) is 11.9 Å². The smallest absolute Gasteiger partial charge is 0.123 e. The molecule has 2 nitrogen and oxygen atoms in total. The molecule has 2 rings (SSSR count). The lowest BCUT2D eigenvalue weighted by atomic mass is 10.1. The first kappa shape index (κ1) is 10.7. The van der Waals surface area contributed by atoms with Gasteiger partial charge in [-0.1, -0.05) is 0 Å². The van der Waals surface area contributed by atoms with Crippen LogP contribution in [0.15, 0.2) is 41.2 Å². The van der Waals surface area contributed by atoms with Gasteiger partial charge in [0.15, 0.2) is 0 Å². The largest absolute Gasteiger partial charge is 0.472 e. The number of nitrogens with one attached hydrogen (secondary N) is 1. The van der Waals surface area contributed by atoms with E-state index in [0.29, 0.717) is 0 Å². The Bertz CT molecular complexity index is 465. The minimum atomic E-state index is -0.209. The summed E-state index contributed by atoms with van der Waals surface area (Å²) in [6.07, 6.45) is 3.35. The van der Waals surface area contributed by atoms with E-state index in [9.17, 15) is 4.39 Å². The van der Waals surface area contributed by atoms with Gasteiger partial charge in [0.1, 0.15) is 5.82 Å². The van der Waals surface area contributed by atoms with E-state index < -0.39 is 0 Å². The van der Waals surface area contributed by atoms with Gasteiger partial charge >= 0.3 is 0 Å². The molecule has 3 heteroatoms. The first-order valence-corrected chi connectivity index (χ1v) is 5.21. The van der Waals surface area contributed by atoms with Gasteiger partial charge in [-0.25, -0.2) is 4.39 Å². The number of rotatable bonds is 3. The van der Waals surface area contributed by atoms with Gasteiger partial charge in [-0.05, 0) is 43.7 Å². The van der Waals surface area contributed by atoms with E-state index >= 15 is 0 Å². The lowest BCUT2D eigenvalue weighted by Gasteiger charge is -2.15. The van der Waals surface area contributed by atoms with Crippen molar-refractivity contribution in [2.24, 2.45) is 0 Å². The highest BCUT2D eigenvalue weighted by Crippen LogP contribution is 2.22. The van der Waals surface area contributed by atoms with E-state index in [1.807, 2.05) is 19.9 Å². The molecule has 0 radical (unpaired) electrons. The Balaban J connectivity index is 2.15. The highest BCUT2D eigenvalue weighted by atomic mass is 19.1. The topological polar surface area (TPSA) is 25.2 Å². The van der Waals surface area contributed by atoms with Crippen LogP contribution in [0.2, 0.25) is 0 Å². The second-order valence-corrected chi connectivity index (χ2v) is 3.88. The zero-order chi connectivity index (χ0) is 11.5. The predicted molar refractivity (Wildman–Crippen MR) is 61.9 cm³/mol. The summed E-state index contributed by atoms with van der Waals surface area (Å²) < 4.78 is 17.9. The zero-order valence-electron chi connectivity index (χ0n) is 9.33. The van der Waals surface area contributed by atoms with Crippen LogP contribution in [0.25, 0.3) is 0 Å². The van der Waals surface area contributed by atoms with Crippen molar-refractivity contribution in [1.82, 2.24) is 0 Å². The first-order chi connectivity index (χ1) is 7.66. The molecule has 0 aliphatic heterocycles. The van der Waals surface area contributed by atoms with E-state index in [0.717, 1.165) is 16.8 Å². The number of hydrogen-bond donors (Lipinski definition) is 1. The molecule has 0 aliphatic rings. The summed E-state index contributed by atoms with van der Waals surface area (Å²) in [7, 11) is 0. The van der Waals surface area contributed by atoms with Crippen molar-refractivity contribution in [3.8, 4) is 0 Å². The van der Waals surface area contributed by atoms with E-state index in [1.165, 1.54) is 12.1 Å². The molecule has 0 fully saturated rings. The van der Waals surface area contributed by atoms with Gasteiger partial charge in [0.25, 0.3) is 0 Å². The monoisotopic (exact) mass is 219 g/mol. The first-order valence-electron chi connectivity index (χ1n) is 5.21. The Labute approximate surface area is 94.1 Å². The molecule has 0 amide bonds. The molecule has 0 aliphatic carbocycles. The Hall–Kier alpha value is -1.77. The van der Waals surface area contributed by atoms with Gasteiger partial charge in [0, 0.05) is 11.3 Å². The molecule has 1 N–H and O–H groups in total. The van der Waals surface area contributed by atoms with Crippen LogP contribution in [0.4, 0.5) is 10.1 Å². The summed E-state index contributed by atoms with van der Waals surface area (Å²) in [4.78, 5) is 0. The van der Waals surface area contributed by atoms with Gasteiger partial charge < -0.3 is 9.73 Å². The van der Waals surface area contributed by atoms with Crippen LogP contribution in [0, 0.1) is 12.7 Å². The van der Waals surface area contributed by atoms with Crippen molar-refractivity contribution in [2.45, 2.75) is 19.9 Å². The van der Waals surface area contributed by atoms with E-state index in [1.54, 1.807) is 18.6 Å². The van der Waals surface area contributed by atoms with Crippen molar-refractivity contribution in [2.75, 3.05) is 5.32 Å². The molecule has 0 saturated heterocycles. The van der Waals surface area contributed by atoms with Gasteiger partial charge in [-0.15, -0.1) is 0 Å². The number of benzene rings is 1. The quantitative estimate of drug-likeness (QED) is 0.846. The third kappa shape index (κ3) is 2.24. The molecule has 0 saturated carbocycles. The van der Waals surface area contributed by atoms with Crippen LogP contribution in [0.3, 0.4) is 0 Å². The molecule has 1 aromatic heterocycles. The van der Waals surface area contributed by atoms with Crippen molar-refractivity contribution < 1.29 is 8.81 Å². The molecule has 84 valence electrons. The second kappa shape index (κ2) is 4.39. The van der Waals surface area contributed by atoms with Gasteiger partial charge in [-0.3, -0.25) is 0 Å². The zero-order valence-corrected chi connectivity index (χ0v) is 9.33. The minimum absolute atomic E-state index is 0.142. The van der Waals surface area contributed by atoms with Gasteiger partial charge in [0.2, 0.25) is 0 Å². The molecule has 1 heterocycles. The molecule has 1 atom stereocenters. The summed E-state index contributed by atoms with van der Waals surface area (Å²) in [5.41, 5.74) is 2.91. The molecular formula is C13H14FNO. The van der Waals surface area contributed by atoms with Crippen molar-refractivity contribution >= 4 is 5.69 Å². The SMILES string of the molecule is Cc1cc(F)ccc1NC(C)c1ccoc1. The van der Waals surface area contributed by atoms with Crippen LogP contribution in [0.5, 0.6) is 0 Å². The fraction of sp³-hybridized carbons (Fsp3) is 0.231. The fourth-order valence-corrected chi connectivity index (χ4v) is 1.63. The third-order valence-corrected chi connectivity index (χ3v) is 2.60. The minimum Gasteiger partial charge on any atom is -0.472 e. The number of halogens is 1. The van der Waals surface area contributed by atoms with Crippen molar-refractivity contribution in [3.05, 3.63) is 53.7 Å². The Morgan fingerprint density at radius 3 is 2.75 bits per heavy atom. The molecular weight excluding hydrogens is 205 g/mol. The van der Waals surface area contributed by atoms with Crippen LogP contribution in [-0.2, 0) is 0 Å². The van der Waals surface area contributed by atoms with Gasteiger partial charge in [0.05, 0.1) is 18.6 Å². The van der Waals surface area contributed by atoms with Gasteiger partial charge in [-0.2, -0.15) is 0 Å². The summed E-state index contributed by atoms with van der Waals surface area (Å²) in [6, 6.07) is 6.78. The normalized spacial score (nSPS) is 12.4. The number of aryl methyl sites for hydroxylation is 1. The Morgan fingerprint density at radius 2 is 2.12 bits per heavy atom. The summed E-state index contributed by atoms with van der Waals surface area (Å²) in [5.74, 6) is -0.209. The summed E-state index contributed by atoms with van der Waals surface area (Å²) >= 11 is 0. The van der Waals surface area contributed by atoms with E-state index in [2.05, 4.69) is 5.32 Å². The molecule has 0 spiro atoms. The highest BCUT2D eigenvalue weighted by molar-refractivity contribution is 5.51. The summed E-state index contributed by atoms with van der Waals surface area (Å²) in [6.45, 7) is 3.92. The van der Waals surface area contributed by atoms with Crippen molar-refractivity contribution in [3.63, 3.8) is 0 Å². The van der Waals surface area contributed by atoms with E-state index in [4.69, 9.17) is 4.42 Å². The van der Waals surface area contributed by atoms with Crippen LogP contribution >= 0.6 is 0 Å². The average molecular weight is 219 g/mol. The standard InChI is InChI=1S/C13H14FNO/c1-9-7-12(14)3-4-13(9)15-10(2)11-5-6-16-8-11/h3-8,10,15H,1-2H3. The summed E-state index contributed by atoms with van der Waals surface area (Å²) in [5, 5.41) is 3.31. The van der Waals surface area contributed by atoms with Crippen LogP contribution < -0.4 is 5.32 Å².